The number of carbonyl (C=O) groups is 1. The first-order valence-corrected chi connectivity index (χ1v) is 6.09. The minimum atomic E-state index is -0.276. The number of aromatic hydroxyl groups is 1. The van der Waals surface area contributed by atoms with Gasteiger partial charge in [0, 0.05) is 17.6 Å². The molecule has 0 atom stereocenters. The van der Waals surface area contributed by atoms with E-state index in [1.807, 2.05) is 17.5 Å². The van der Waals surface area contributed by atoms with E-state index in [4.69, 9.17) is 0 Å². The molecule has 2 heterocycles. The topological polar surface area (TPSA) is 62.2 Å². The molecular formula is C12H12N2O2S. The van der Waals surface area contributed by atoms with Crippen molar-refractivity contribution >= 4 is 17.2 Å². The molecule has 4 nitrogen and oxygen atoms in total. The third kappa shape index (κ3) is 3.04. The van der Waals surface area contributed by atoms with E-state index >= 15 is 0 Å². The number of pyridine rings is 1. The molecule has 2 rings (SSSR count). The molecular weight excluding hydrogens is 236 g/mol. The van der Waals surface area contributed by atoms with Crippen LogP contribution in [0.1, 0.15) is 15.2 Å². The molecule has 0 spiro atoms. The second kappa shape index (κ2) is 5.45. The van der Waals surface area contributed by atoms with E-state index in [0.29, 0.717) is 6.54 Å². The Bertz CT molecular complexity index is 497. The molecule has 0 unspecified atom stereocenters. The summed E-state index contributed by atoms with van der Waals surface area (Å²) in [6.45, 7) is 0.557. The fraction of sp³-hybridized carbons (Fsp3) is 0.167. The fourth-order valence-corrected chi connectivity index (χ4v) is 2.14. The van der Waals surface area contributed by atoms with Gasteiger partial charge in [0.15, 0.2) is 0 Å². The van der Waals surface area contributed by atoms with Crippen LogP contribution in [0.25, 0.3) is 0 Å². The van der Waals surface area contributed by atoms with E-state index in [1.165, 1.54) is 23.3 Å². The third-order valence-corrected chi connectivity index (χ3v) is 3.22. The Morgan fingerprint density at radius 3 is 3.06 bits per heavy atom. The van der Waals surface area contributed by atoms with Gasteiger partial charge in [-0.15, -0.1) is 11.3 Å². The van der Waals surface area contributed by atoms with Crippen LogP contribution in [-0.4, -0.2) is 22.5 Å². The summed E-state index contributed by atoms with van der Waals surface area (Å²) in [5.74, 6) is -0.373. The zero-order chi connectivity index (χ0) is 12.1. The van der Waals surface area contributed by atoms with Gasteiger partial charge in [0.25, 0.3) is 5.91 Å². The highest BCUT2D eigenvalue weighted by Crippen LogP contribution is 2.13. The summed E-state index contributed by atoms with van der Waals surface area (Å²) in [5, 5.41) is 14.2. The first kappa shape index (κ1) is 11.6. The van der Waals surface area contributed by atoms with Crippen molar-refractivity contribution in [1.82, 2.24) is 10.3 Å². The first-order valence-electron chi connectivity index (χ1n) is 5.21. The van der Waals surface area contributed by atoms with Gasteiger partial charge in [-0.25, -0.2) is 0 Å². The van der Waals surface area contributed by atoms with Crippen LogP contribution in [0, 0.1) is 0 Å². The average Bonchev–Trinajstić information content (AvgIpc) is 2.82. The quantitative estimate of drug-likeness (QED) is 0.867. The van der Waals surface area contributed by atoms with Crippen LogP contribution < -0.4 is 5.32 Å². The largest absolute Gasteiger partial charge is 0.505 e. The van der Waals surface area contributed by atoms with Crippen molar-refractivity contribution < 1.29 is 9.90 Å². The molecule has 2 aromatic rings. The molecule has 1 amide bonds. The normalized spacial score (nSPS) is 10.1. The predicted molar refractivity (Wildman–Crippen MR) is 66.3 cm³/mol. The van der Waals surface area contributed by atoms with Crippen molar-refractivity contribution in [2.24, 2.45) is 0 Å². The maximum absolute atomic E-state index is 11.7. The Kier molecular flexibility index (Phi) is 3.72. The standard InChI is InChI=1S/C12H12N2O2S/c15-11-8-13-5-4-10(11)12(16)14-6-3-9-2-1-7-17-9/h1-2,4-5,7-8,15H,3,6H2,(H,14,16). The molecule has 0 fully saturated rings. The van der Waals surface area contributed by atoms with Crippen molar-refractivity contribution in [3.8, 4) is 5.75 Å². The Morgan fingerprint density at radius 2 is 2.35 bits per heavy atom. The van der Waals surface area contributed by atoms with Crippen molar-refractivity contribution in [3.05, 3.63) is 46.4 Å². The second-order valence-corrected chi connectivity index (χ2v) is 4.51. The number of aromatic nitrogens is 1. The highest BCUT2D eigenvalue weighted by atomic mass is 32.1. The summed E-state index contributed by atoms with van der Waals surface area (Å²) >= 11 is 1.66. The Hall–Kier alpha value is -1.88. The lowest BCUT2D eigenvalue weighted by molar-refractivity contribution is 0.0951. The van der Waals surface area contributed by atoms with Crippen LogP contribution in [0.3, 0.4) is 0 Å². The van der Waals surface area contributed by atoms with Crippen LogP contribution in [0.15, 0.2) is 36.0 Å². The van der Waals surface area contributed by atoms with Gasteiger partial charge < -0.3 is 10.4 Å². The minimum Gasteiger partial charge on any atom is -0.505 e. The summed E-state index contributed by atoms with van der Waals surface area (Å²) < 4.78 is 0. The zero-order valence-electron chi connectivity index (χ0n) is 9.09. The molecule has 17 heavy (non-hydrogen) atoms. The van der Waals surface area contributed by atoms with Gasteiger partial charge >= 0.3 is 0 Å². The molecule has 5 heteroatoms. The Balaban J connectivity index is 1.88. The van der Waals surface area contributed by atoms with Crippen LogP contribution in [-0.2, 0) is 6.42 Å². The van der Waals surface area contributed by atoms with Gasteiger partial charge in [-0.2, -0.15) is 0 Å². The highest BCUT2D eigenvalue weighted by molar-refractivity contribution is 7.09. The average molecular weight is 248 g/mol. The molecule has 2 N–H and O–H groups in total. The number of thiophene rings is 1. The smallest absolute Gasteiger partial charge is 0.255 e. The zero-order valence-corrected chi connectivity index (χ0v) is 9.91. The number of hydrogen-bond acceptors (Lipinski definition) is 4. The van der Waals surface area contributed by atoms with E-state index in [9.17, 15) is 9.90 Å². The molecule has 2 aromatic heterocycles. The molecule has 0 aliphatic carbocycles. The molecule has 88 valence electrons. The molecule has 0 aromatic carbocycles. The second-order valence-electron chi connectivity index (χ2n) is 3.48. The molecule has 0 saturated carbocycles. The summed E-state index contributed by atoms with van der Waals surface area (Å²) in [5.41, 5.74) is 0.256. The maximum atomic E-state index is 11.7. The first-order chi connectivity index (χ1) is 8.27. The molecule has 0 aliphatic rings. The number of rotatable bonds is 4. The van der Waals surface area contributed by atoms with Crippen LogP contribution in [0.5, 0.6) is 5.75 Å². The van der Waals surface area contributed by atoms with Crippen LogP contribution in [0.4, 0.5) is 0 Å². The number of amides is 1. The highest BCUT2D eigenvalue weighted by Gasteiger charge is 2.09. The van der Waals surface area contributed by atoms with Crippen molar-refractivity contribution in [2.45, 2.75) is 6.42 Å². The fourth-order valence-electron chi connectivity index (χ4n) is 1.43. The van der Waals surface area contributed by atoms with E-state index in [-0.39, 0.29) is 17.2 Å². The van der Waals surface area contributed by atoms with E-state index in [1.54, 1.807) is 11.3 Å². The van der Waals surface area contributed by atoms with Crippen LogP contribution >= 0.6 is 11.3 Å². The third-order valence-electron chi connectivity index (χ3n) is 2.28. The van der Waals surface area contributed by atoms with E-state index in [2.05, 4.69) is 10.3 Å². The van der Waals surface area contributed by atoms with Gasteiger partial charge in [-0.3, -0.25) is 9.78 Å². The van der Waals surface area contributed by atoms with Gasteiger partial charge in [0.05, 0.1) is 11.8 Å². The lowest BCUT2D eigenvalue weighted by atomic mass is 10.2. The Labute approximate surface area is 103 Å². The van der Waals surface area contributed by atoms with Crippen molar-refractivity contribution in [3.63, 3.8) is 0 Å². The van der Waals surface area contributed by atoms with Crippen molar-refractivity contribution in [2.75, 3.05) is 6.54 Å². The lowest BCUT2D eigenvalue weighted by Crippen LogP contribution is -2.25. The number of nitrogens with zero attached hydrogens (tertiary/aromatic N) is 1. The minimum absolute atomic E-state index is 0.0962. The van der Waals surface area contributed by atoms with Crippen molar-refractivity contribution in [1.29, 1.82) is 0 Å². The van der Waals surface area contributed by atoms with E-state index in [0.717, 1.165) is 6.42 Å². The summed E-state index contributed by atoms with van der Waals surface area (Å²) in [7, 11) is 0. The molecule has 0 radical (unpaired) electrons. The predicted octanol–water partition coefficient (Wildman–Crippen LogP) is 1.82. The number of carbonyl (C=O) groups excluding carboxylic acids is 1. The maximum Gasteiger partial charge on any atom is 0.255 e. The molecule has 0 aliphatic heterocycles. The number of hydrogen-bond donors (Lipinski definition) is 2. The molecule has 0 bridgehead atoms. The summed E-state index contributed by atoms with van der Waals surface area (Å²) in [6.07, 6.45) is 3.54. The molecule has 0 saturated heterocycles. The number of nitrogens with one attached hydrogen (secondary N) is 1. The van der Waals surface area contributed by atoms with Gasteiger partial charge in [-0.1, -0.05) is 6.07 Å². The SMILES string of the molecule is O=C(NCCc1cccs1)c1ccncc1O. The van der Waals surface area contributed by atoms with Gasteiger partial charge in [-0.05, 0) is 23.9 Å². The lowest BCUT2D eigenvalue weighted by Gasteiger charge is -2.05. The van der Waals surface area contributed by atoms with Crippen LogP contribution in [0.2, 0.25) is 0 Å². The summed E-state index contributed by atoms with van der Waals surface area (Å²) in [6, 6.07) is 5.51. The van der Waals surface area contributed by atoms with Gasteiger partial charge in [0.1, 0.15) is 5.75 Å². The summed E-state index contributed by atoms with van der Waals surface area (Å²) in [4.78, 5) is 16.6. The van der Waals surface area contributed by atoms with Gasteiger partial charge in [0.2, 0.25) is 0 Å². The monoisotopic (exact) mass is 248 g/mol. The Morgan fingerprint density at radius 1 is 1.47 bits per heavy atom. The van der Waals surface area contributed by atoms with E-state index < -0.39 is 0 Å².